The number of carbonyl (C=O) groups is 2. The number of nitrogens with one attached hydrogen (secondary N) is 1. The number of rotatable bonds is 7. The molecule has 2 fully saturated rings. The Hall–Kier alpha value is -2.32. The van der Waals surface area contributed by atoms with Crippen LogP contribution in [0.3, 0.4) is 0 Å². The molecule has 8 heteroatoms. The summed E-state index contributed by atoms with van der Waals surface area (Å²) in [5.74, 6) is 0.735. The molecular formula is C21H26N4O3S. The van der Waals surface area contributed by atoms with E-state index in [1.54, 1.807) is 42.5 Å². The number of esters is 1. The monoisotopic (exact) mass is 414 g/mol. The molecule has 0 radical (unpaired) electrons. The number of anilines is 1. The zero-order valence-electron chi connectivity index (χ0n) is 16.6. The Labute approximate surface area is 174 Å². The van der Waals surface area contributed by atoms with Crippen LogP contribution in [0, 0.1) is 0 Å². The van der Waals surface area contributed by atoms with Crippen LogP contribution >= 0.6 is 11.3 Å². The molecule has 1 aromatic carbocycles. The summed E-state index contributed by atoms with van der Waals surface area (Å²) >= 11 is 1.78. The van der Waals surface area contributed by atoms with E-state index in [0.717, 1.165) is 30.9 Å². The highest BCUT2D eigenvalue weighted by Gasteiger charge is 2.30. The Bertz CT molecular complexity index is 855. The van der Waals surface area contributed by atoms with Gasteiger partial charge in [0.1, 0.15) is 10.0 Å². The molecule has 0 atom stereocenters. The quantitative estimate of drug-likeness (QED) is 0.699. The average Bonchev–Trinajstić information content (AvgIpc) is 3.46. The molecular weight excluding hydrogens is 388 g/mol. The zero-order chi connectivity index (χ0) is 20.2. The van der Waals surface area contributed by atoms with Crippen LogP contribution < -0.4 is 5.32 Å². The minimum Gasteiger partial charge on any atom is -0.462 e. The maximum absolute atomic E-state index is 12.4. The van der Waals surface area contributed by atoms with Gasteiger partial charge < -0.3 is 10.1 Å². The first-order chi connectivity index (χ1) is 14.1. The number of aromatic nitrogens is 2. The second kappa shape index (κ2) is 9.00. The highest BCUT2D eigenvalue weighted by Crippen LogP contribution is 2.43. The standard InChI is InChI=1S/C21H26N4O3S/c1-2-28-21(27)16-5-7-17(8-6-16)22-18(26)13-25-11-9-15(10-12-25)20-24-23-19(29-20)14-3-4-14/h5-8,14-15H,2-4,9-13H2,1H3,(H,22,26). The number of piperidine rings is 1. The van der Waals surface area contributed by atoms with Crippen molar-refractivity contribution in [3.63, 3.8) is 0 Å². The van der Waals surface area contributed by atoms with Crippen molar-refractivity contribution in [2.75, 3.05) is 31.6 Å². The molecule has 1 saturated carbocycles. The number of ether oxygens (including phenoxy) is 1. The van der Waals surface area contributed by atoms with Gasteiger partial charge in [-0.15, -0.1) is 21.5 Å². The first-order valence-corrected chi connectivity index (χ1v) is 11.1. The third kappa shape index (κ3) is 5.19. The van der Waals surface area contributed by atoms with Gasteiger partial charge in [-0.3, -0.25) is 9.69 Å². The summed E-state index contributed by atoms with van der Waals surface area (Å²) in [5.41, 5.74) is 1.16. The molecule has 0 unspecified atom stereocenters. The van der Waals surface area contributed by atoms with E-state index in [2.05, 4.69) is 20.4 Å². The van der Waals surface area contributed by atoms with Crippen LogP contribution in [0.2, 0.25) is 0 Å². The van der Waals surface area contributed by atoms with Crippen molar-refractivity contribution in [3.8, 4) is 0 Å². The lowest BCUT2D eigenvalue weighted by Crippen LogP contribution is -2.38. The minimum atomic E-state index is -0.354. The van der Waals surface area contributed by atoms with Gasteiger partial charge in [0.25, 0.3) is 0 Å². The van der Waals surface area contributed by atoms with Crippen molar-refractivity contribution < 1.29 is 14.3 Å². The van der Waals surface area contributed by atoms with E-state index < -0.39 is 0 Å². The summed E-state index contributed by atoms with van der Waals surface area (Å²) in [4.78, 5) is 26.2. The molecule has 1 amide bonds. The summed E-state index contributed by atoms with van der Waals surface area (Å²) < 4.78 is 4.97. The lowest BCUT2D eigenvalue weighted by molar-refractivity contribution is -0.117. The van der Waals surface area contributed by atoms with E-state index in [4.69, 9.17) is 4.74 Å². The third-order valence-corrected chi connectivity index (χ3v) is 6.61. The lowest BCUT2D eigenvalue weighted by Gasteiger charge is -2.30. The molecule has 154 valence electrons. The highest BCUT2D eigenvalue weighted by molar-refractivity contribution is 7.11. The smallest absolute Gasteiger partial charge is 0.338 e. The molecule has 2 heterocycles. The zero-order valence-corrected chi connectivity index (χ0v) is 17.4. The van der Waals surface area contributed by atoms with E-state index in [1.165, 1.54) is 17.8 Å². The SMILES string of the molecule is CCOC(=O)c1ccc(NC(=O)CN2CCC(c3nnc(C4CC4)s3)CC2)cc1. The van der Waals surface area contributed by atoms with E-state index in [0.29, 0.717) is 36.2 Å². The van der Waals surface area contributed by atoms with Crippen LogP contribution in [-0.2, 0) is 9.53 Å². The Morgan fingerprint density at radius 1 is 1.07 bits per heavy atom. The number of benzene rings is 1. The number of likely N-dealkylation sites (tertiary alicyclic amines) is 1. The second-order valence-electron chi connectivity index (χ2n) is 7.65. The molecule has 0 spiro atoms. The maximum atomic E-state index is 12.4. The van der Waals surface area contributed by atoms with Gasteiger partial charge in [0, 0.05) is 17.5 Å². The molecule has 0 bridgehead atoms. The van der Waals surface area contributed by atoms with Crippen LogP contribution in [0.1, 0.15) is 64.8 Å². The predicted octanol–water partition coefficient (Wildman–Crippen LogP) is 3.41. The van der Waals surface area contributed by atoms with Gasteiger partial charge >= 0.3 is 5.97 Å². The van der Waals surface area contributed by atoms with Crippen molar-refractivity contribution >= 4 is 28.9 Å². The van der Waals surface area contributed by atoms with Crippen molar-refractivity contribution in [3.05, 3.63) is 39.8 Å². The summed E-state index contributed by atoms with van der Waals surface area (Å²) in [5, 5.41) is 14.0. The largest absolute Gasteiger partial charge is 0.462 e. The Morgan fingerprint density at radius 2 is 1.69 bits per heavy atom. The van der Waals surface area contributed by atoms with Crippen LogP contribution in [0.5, 0.6) is 0 Å². The highest BCUT2D eigenvalue weighted by atomic mass is 32.1. The van der Waals surface area contributed by atoms with Crippen molar-refractivity contribution in [1.82, 2.24) is 15.1 Å². The summed E-state index contributed by atoms with van der Waals surface area (Å²) in [6.07, 6.45) is 4.54. The molecule has 29 heavy (non-hydrogen) atoms. The van der Waals surface area contributed by atoms with Crippen LogP contribution in [0.15, 0.2) is 24.3 Å². The van der Waals surface area contributed by atoms with Gasteiger partial charge in [-0.2, -0.15) is 0 Å². The molecule has 1 aromatic heterocycles. The lowest BCUT2D eigenvalue weighted by atomic mass is 9.98. The average molecular weight is 415 g/mol. The normalized spacial score (nSPS) is 17.8. The van der Waals surface area contributed by atoms with Gasteiger partial charge in [0.05, 0.1) is 18.7 Å². The van der Waals surface area contributed by atoms with Gasteiger partial charge in [-0.05, 0) is 70.0 Å². The van der Waals surface area contributed by atoms with E-state index in [-0.39, 0.29) is 11.9 Å². The molecule has 1 aliphatic heterocycles. The van der Waals surface area contributed by atoms with Crippen LogP contribution in [0.25, 0.3) is 0 Å². The van der Waals surface area contributed by atoms with Gasteiger partial charge in [-0.1, -0.05) is 0 Å². The molecule has 1 N–H and O–H groups in total. The van der Waals surface area contributed by atoms with Crippen LogP contribution in [0.4, 0.5) is 5.69 Å². The van der Waals surface area contributed by atoms with E-state index >= 15 is 0 Å². The third-order valence-electron chi connectivity index (χ3n) is 5.37. The molecule has 1 aliphatic carbocycles. The number of carbonyl (C=O) groups excluding carboxylic acids is 2. The fraction of sp³-hybridized carbons (Fsp3) is 0.524. The maximum Gasteiger partial charge on any atom is 0.338 e. The van der Waals surface area contributed by atoms with Gasteiger partial charge in [0.15, 0.2) is 0 Å². The van der Waals surface area contributed by atoms with E-state index in [9.17, 15) is 9.59 Å². The molecule has 7 nitrogen and oxygen atoms in total. The fourth-order valence-corrected chi connectivity index (χ4v) is 4.73. The van der Waals surface area contributed by atoms with Gasteiger partial charge in [0.2, 0.25) is 5.91 Å². The molecule has 2 aliphatic rings. The van der Waals surface area contributed by atoms with Crippen LogP contribution in [-0.4, -0.2) is 53.2 Å². The van der Waals surface area contributed by atoms with E-state index in [1.807, 2.05) is 0 Å². The predicted molar refractivity (Wildman–Crippen MR) is 111 cm³/mol. The second-order valence-corrected chi connectivity index (χ2v) is 8.69. The summed E-state index contributed by atoms with van der Waals surface area (Å²) in [7, 11) is 0. The summed E-state index contributed by atoms with van der Waals surface area (Å²) in [6.45, 7) is 4.26. The number of hydrogen-bond donors (Lipinski definition) is 1. The fourth-order valence-electron chi connectivity index (χ4n) is 3.55. The van der Waals surface area contributed by atoms with Gasteiger partial charge in [-0.25, -0.2) is 4.79 Å². The Balaban J connectivity index is 1.22. The minimum absolute atomic E-state index is 0.0423. The number of hydrogen-bond acceptors (Lipinski definition) is 7. The topological polar surface area (TPSA) is 84.4 Å². The number of nitrogens with zero attached hydrogens (tertiary/aromatic N) is 3. The Kier molecular flexibility index (Phi) is 6.20. The van der Waals surface area contributed by atoms with Crippen molar-refractivity contribution in [2.24, 2.45) is 0 Å². The molecule has 4 rings (SSSR count). The first-order valence-electron chi connectivity index (χ1n) is 10.2. The van der Waals surface area contributed by atoms with Crippen molar-refractivity contribution in [1.29, 1.82) is 0 Å². The van der Waals surface area contributed by atoms with Crippen molar-refractivity contribution in [2.45, 2.75) is 44.4 Å². The first kappa shape index (κ1) is 20.0. The Morgan fingerprint density at radius 3 is 2.28 bits per heavy atom. The molecule has 2 aromatic rings. The summed E-state index contributed by atoms with van der Waals surface area (Å²) in [6, 6.07) is 6.78. The number of amides is 1. The molecule has 1 saturated heterocycles.